The molecule has 0 amide bonds. The highest BCUT2D eigenvalue weighted by atomic mass is 32.2. The van der Waals surface area contributed by atoms with Gasteiger partial charge in [-0.2, -0.15) is 0 Å². The van der Waals surface area contributed by atoms with Gasteiger partial charge in [-0.1, -0.05) is 176 Å². The van der Waals surface area contributed by atoms with Crippen molar-refractivity contribution in [3.63, 3.8) is 0 Å². The highest BCUT2D eigenvalue weighted by Gasteiger charge is 2.55. The Morgan fingerprint density at radius 1 is 0.446 bits per heavy atom. The van der Waals surface area contributed by atoms with Gasteiger partial charge in [-0.15, -0.1) is 0 Å². The minimum atomic E-state index is -1.45. The van der Waals surface area contributed by atoms with E-state index >= 15 is 0 Å². The van der Waals surface area contributed by atoms with Gasteiger partial charge in [0, 0.05) is 10.5 Å². The van der Waals surface area contributed by atoms with Gasteiger partial charge in [0.1, 0.15) is 36.0 Å². The Balaban J connectivity index is 1.02. The second-order valence-electron chi connectivity index (χ2n) is 17.8. The van der Waals surface area contributed by atoms with Gasteiger partial charge in [-0.3, -0.25) is 0 Å². The molecule has 0 N–H and O–H groups in total. The average Bonchev–Trinajstić information content (AvgIpc) is 3.46. The number of hydrogen-bond donors (Lipinski definition) is 0. The summed E-state index contributed by atoms with van der Waals surface area (Å²) >= 11 is 1.25. The molecule has 0 bridgehead atoms. The fraction of sp³-hybridized carbons (Fsp3) is 0.250. The lowest BCUT2D eigenvalue weighted by Gasteiger charge is -2.49. The molecule has 3 saturated heterocycles. The second kappa shape index (κ2) is 24.8. The van der Waals surface area contributed by atoms with Gasteiger partial charge < -0.3 is 47.4 Å². The SMILES string of the molecule is O=C(O[C@@H]1[C@@H](OC(=O)c2ccccc2)[C@H](Sc2ccccc2)O[C@H](CO[C@H]2O[C@@H]3COC(c4ccccc4)O[C@H]3[C@H](OCc3ccccc3)[C@H]2OCc2ccccc2)[C@H]1OC(=O)c1ccccc1)c1ccccc1. The van der Waals surface area contributed by atoms with Crippen molar-refractivity contribution in [2.75, 3.05) is 13.2 Å². The van der Waals surface area contributed by atoms with E-state index in [-0.39, 0.29) is 43.1 Å². The van der Waals surface area contributed by atoms with E-state index in [1.807, 2.05) is 121 Å². The lowest BCUT2D eigenvalue weighted by molar-refractivity contribution is -0.375. The van der Waals surface area contributed by atoms with Crippen LogP contribution in [0.1, 0.15) is 54.1 Å². The maximum absolute atomic E-state index is 14.3. The molecule has 7 aromatic carbocycles. The molecule has 3 aliphatic heterocycles. The van der Waals surface area contributed by atoms with Crippen molar-refractivity contribution < 1.29 is 61.8 Å². The molecule has 10 rings (SSSR count). The minimum absolute atomic E-state index is 0.125. The van der Waals surface area contributed by atoms with Crippen molar-refractivity contribution in [3.05, 3.63) is 246 Å². The summed E-state index contributed by atoms with van der Waals surface area (Å²) in [5.74, 6) is -2.20. The minimum Gasteiger partial charge on any atom is -0.452 e. The van der Waals surface area contributed by atoms with Crippen LogP contribution in [0.3, 0.4) is 0 Å². The normalized spacial score (nSPS) is 25.4. The zero-order valence-electron chi connectivity index (χ0n) is 40.1. The predicted octanol–water partition coefficient (Wildman–Crippen LogP) is 10.2. The van der Waals surface area contributed by atoms with E-state index in [2.05, 4.69) is 0 Å². The number of rotatable bonds is 18. The Labute approximate surface area is 433 Å². The molecule has 11 atom stereocenters. The third-order valence-corrected chi connectivity index (χ3v) is 13.9. The quantitative estimate of drug-likeness (QED) is 0.0594. The molecule has 7 aromatic rings. The highest BCUT2D eigenvalue weighted by Crippen LogP contribution is 2.41. The summed E-state index contributed by atoms with van der Waals surface area (Å²) in [7, 11) is 0. The van der Waals surface area contributed by atoms with Crippen LogP contribution in [0.2, 0.25) is 0 Å². The highest BCUT2D eigenvalue weighted by molar-refractivity contribution is 7.99. The number of benzene rings is 7. The molecule has 0 aliphatic carbocycles. The van der Waals surface area contributed by atoms with E-state index in [0.29, 0.717) is 0 Å². The molecule has 0 radical (unpaired) electrons. The van der Waals surface area contributed by atoms with Crippen molar-refractivity contribution >= 4 is 29.7 Å². The third kappa shape index (κ3) is 12.7. The lowest BCUT2D eigenvalue weighted by atomic mass is 9.96. The maximum Gasteiger partial charge on any atom is 0.338 e. The molecule has 3 aliphatic rings. The van der Waals surface area contributed by atoms with Crippen molar-refractivity contribution in [1.29, 1.82) is 0 Å². The number of carbonyl (C=O) groups excluding carboxylic acids is 3. The number of thioether (sulfide) groups is 1. The summed E-state index contributed by atoms with van der Waals surface area (Å²) in [4.78, 5) is 43.5. The first-order chi connectivity index (χ1) is 36.4. The standard InChI is InChI=1S/C60H54O13S/c61-55(42-26-12-3-13-27-42)70-50-48(69-60(74-46-34-20-7-21-35-46)54(72-57(63)44-30-16-5-17-31-44)52(50)71-56(62)43-28-14-4-15-29-43)39-67-59-53(65-37-41-24-10-2-11-25-41)51(64-36-40-22-8-1-9-23-40)49-47(68-59)38-66-58(73-49)45-32-18-6-19-33-45/h1-35,47-54,58-60H,36-39H2/t47-,48-,49-,50-,51+,52+,53-,54-,58?,59+,60+/m1/s1. The van der Waals surface area contributed by atoms with Crippen molar-refractivity contribution in [2.24, 2.45) is 0 Å². The smallest absolute Gasteiger partial charge is 0.338 e. The molecule has 14 heteroatoms. The van der Waals surface area contributed by atoms with Crippen LogP contribution in [0.5, 0.6) is 0 Å². The number of esters is 3. The zero-order chi connectivity index (χ0) is 50.5. The first-order valence-electron chi connectivity index (χ1n) is 24.5. The third-order valence-electron chi connectivity index (χ3n) is 12.7. The van der Waals surface area contributed by atoms with Crippen LogP contribution in [-0.2, 0) is 60.6 Å². The largest absolute Gasteiger partial charge is 0.452 e. The van der Waals surface area contributed by atoms with E-state index in [1.165, 1.54) is 11.8 Å². The van der Waals surface area contributed by atoms with Gasteiger partial charge in [0.15, 0.2) is 30.9 Å². The van der Waals surface area contributed by atoms with Gasteiger partial charge in [0.05, 0.1) is 43.1 Å². The predicted molar refractivity (Wildman–Crippen MR) is 273 cm³/mol. The van der Waals surface area contributed by atoms with Gasteiger partial charge in [0.25, 0.3) is 0 Å². The van der Waals surface area contributed by atoms with Crippen molar-refractivity contribution in [2.45, 2.75) is 85.0 Å². The molecule has 13 nitrogen and oxygen atoms in total. The number of carbonyl (C=O) groups is 3. The zero-order valence-corrected chi connectivity index (χ0v) is 40.9. The molecular weight excluding hydrogens is 961 g/mol. The van der Waals surface area contributed by atoms with Crippen molar-refractivity contribution in [3.8, 4) is 0 Å². The fourth-order valence-corrected chi connectivity index (χ4v) is 10.1. The first kappa shape index (κ1) is 50.5. The molecule has 0 aromatic heterocycles. The van der Waals surface area contributed by atoms with Gasteiger partial charge >= 0.3 is 17.9 Å². The van der Waals surface area contributed by atoms with Crippen LogP contribution in [0.15, 0.2) is 217 Å². The molecular formula is C60H54O13S. The number of hydrogen-bond acceptors (Lipinski definition) is 14. The van der Waals surface area contributed by atoms with Gasteiger partial charge in [-0.25, -0.2) is 14.4 Å². The van der Waals surface area contributed by atoms with E-state index in [4.69, 9.17) is 47.4 Å². The summed E-state index contributed by atoms with van der Waals surface area (Å²) in [6, 6.07) is 63.8. The Morgan fingerprint density at radius 2 is 0.892 bits per heavy atom. The molecule has 0 saturated carbocycles. The Hall–Kier alpha value is -6.98. The van der Waals surface area contributed by atoms with Gasteiger partial charge in [-0.05, 0) is 59.7 Å². The van der Waals surface area contributed by atoms with E-state index in [9.17, 15) is 14.4 Å². The summed E-state index contributed by atoms with van der Waals surface area (Å²) in [5.41, 5.74) is 2.29. The number of fused-ring (bicyclic) bond motifs is 1. The van der Waals surface area contributed by atoms with Gasteiger partial charge in [0.2, 0.25) is 0 Å². The molecule has 3 heterocycles. The molecule has 378 valence electrons. The van der Waals surface area contributed by atoms with Crippen LogP contribution in [0, 0.1) is 0 Å². The average molecular weight is 1020 g/mol. The van der Waals surface area contributed by atoms with Crippen molar-refractivity contribution in [1.82, 2.24) is 0 Å². The number of ether oxygens (including phenoxy) is 10. The van der Waals surface area contributed by atoms with Crippen LogP contribution in [0.25, 0.3) is 0 Å². The summed E-state index contributed by atoms with van der Waals surface area (Å²) in [5, 5.41) is 0. The fourth-order valence-electron chi connectivity index (χ4n) is 8.99. The Bertz CT molecular complexity index is 2850. The van der Waals surface area contributed by atoms with E-state index in [0.717, 1.165) is 21.6 Å². The van der Waals surface area contributed by atoms with E-state index in [1.54, 1.807) is 91.0 Å². The van der Waals surface area contributed by atoms with Crippen LogP contribution in [0.4, 0.5) is 0 Å². The Kier molecular flexibility index (Phi) is 17.0. The lowest BCUT2D eigenvalue weighted by Crippen LogP contribution is -2.65. The topological polar surface area (TPSA) is 144 Å². The van der Waals surface area contributed by atoms with Crippen LogP contribution >= 0.6 is 11.8 Å². The van der Waals surface area contributed by atoms with E-state index < -0.39 is 84.8 Å². The maximum atomic E-state index is 14.3. The molecule has 0 spiro atoms. The molecule has 74 heavy (non-hydrogen) atoms. The first-order valence-corrected chi connectivity index (χ1v) is 25.4. The second-order valence-corrected chi connectivity index (χ2v) is 18.9. The summed E-state index contributed by atoms with van der Waals surface area (Å²) < 4.78 is 66.7. The molecule has 3 fully saturated rings. The van der Waals surface area contributed by atoms with Crippen LogP contribution < -0.4 is 0 Å². The molecule has 1 unspecified atom stereocenters. The Morgan fingerprint density at radius 3 is 1.42 bits per heavy atom. The summed E-state index contributed by atoms with van der Waals surface area (Å²) in [6.07, 6.45) is -10.4. The summed E-state index contributed by atoms with van der Waals surface area (Å²) in [6.45, 7) is 0.186. The monoisotopic (exact) mass is 1010 g/mol. The van der Waals surface area contributed by atoms with Crippen LogP contribution in [-0.4, -0.2) is 91.7 Å².